The van der Waals surface area contributed by atoms with Gasteiger partial charge in [0.15, 0.2) is 0 Å². The van der Waals surface area contributed by atoms with Crippen molar-refractivity contribution in [3.05, 3.63) is 29.8 Å². The van der Waals surface area contributed by atoms with Gasteiger partial charge in [0, 0.05) is 12.1 Å². The largest absolute Gasteiger partial charge is 0.497 e. The molecule has 1 heterocycles. The molecule has 4 heteroatoms. The van der Waals surface area contributed by atoms with E-state index in [1.807, 2.05) is 19.0 Å². The number of benzene rings is 1. The van der Waals surface area contributed by atoms with E-state index in [0.717, 1.165) is 18.6 Å². The Labute approximate surface area is 129 Å². The lowest BCUT2D eigenvalue weighted by Gasteiger charge is -2.34. The third kappa shape index (κ3) is 3.80. The van der Waals surface area contributed by atoms with E-state index in [1.165, 1.54) is 18.4 Å². The lowest BCUT2D eigenvalue weighted by atomic mass is 9.80. The highest BCUT2D eigenvalue weighted by molar-refractivity contribution is 6.45. The van der Waals surface area contributed by atoms with Crippen molar-refractivity contribution < 1.29 is 9.76 Å². The smallest absolute Gasteiger partial charge is 0.376 e. The van der Waals surface area contributed by atoms with E-state index in [-0.39, 0.29) is 7.05 Å². The van der Waals surface area contributed by atoms with Crippen molar-refractivity contribution in [3.8, 4) is 5.75 Å². The van der Waals surface area contributed by atoms with Crippen molar-refractivity contribution >= 4 is 7.05 Å². The first-order valence-corrected chi connectivity index (χ1v) is 8.15. The molecule has 1 fully saturated rings. The zero-order valence-electron chi connectivity index (χ0n) is 13.7. The molecule has 1 aromatic rings. The van der Waals surface area contributed by atoms with E-state index in [1.54, 1.807) is 7.11 Å². The predicted octanol–water partition coefficient (Wildman–Crippen LogP) is 3.23. The van der Waals surface area contributed by atoms with Gasteiger partial charge >= 0.3 is 7.05 Å². The quantitative estimate of drug-likeness (QED) is 0.816. The highest BCUT2D eigenvalue weighted by Crippen LogP contribution is 2.33. The Hall–Kier alpha value is -0.995. The fourth-order valence-corrected chi connectivity index (χ4v) is 3.64. The fourth-order valence-electron chi connectivity index (χ4n) is 3.64. The molecule has 0 amide bonds. The minimum absolute atomic E-state index is 0.373. The molecule has 0 unspecified atom stereocenters. The van der Waals surface area contributed by atoms with Gasteiger partial charge < -0.3 is 14.6 Å². The van der Waals surface area contributed by atoms with Crippen molar-refractivity contribution in [2.45, 2.75) is 58.4 Å². The van der Waals surface area contributed by atoms with Crippen LogP contribution in [-0.4, -0.2) is 36.1 Å². The normalized spacial score (nSPS) is 24.0. The van der Waals surface area contributed by atoms with E-state index in [9.17, 15) is 5.02 Å². The van der Waals surface area contributed by atoms with Gasteiger partial charge in [-0.1, -0.05) is 32.4 Å². The summed E-state index contributed by atoms with van der Waals surface area (Å²) >= 11 is 0. The number of rotatable bonds is 6. The molecule has 0 radical (unpaired) electrons. The van der Waals surface area contributed by atoms with Crippen LogP contribution < -0.4 is 4.74 Å². The first kappa shape index (κ1) is 16.4. The average Bonchev–Trinajstić information content (AvgIpc) is 2.90. The lowest BCUT2D eigenvalue weighted by Crippen LogP contribution is -2.48. The number of hydrogen-bond acceptors (Lipinski definition) is 3. The average molecular weight is 289 g/mol. The minimum Gasteiger partial charge on any atom is -0.497 e. The van der Waals surface area contributed by atoms with Crippen LogP contribution in [0.5, 0.6) is 5.75 Å². The van der Waals surface area contributed by atoms with Crippen LogP contribution in [0.25, 0.3) is 0 Å². The summed E-state index contributed by atoms with van der Waals surface area (Å²) in [7, 11) is 1.33. The van der Waals surface area contributed by atoms with Gasteiger partial charge in [-0.25, -0.2) is 0 Å². The summed E-state index contributed by atoms with van der Waals surface area (Å²) in [6.07, 6.45) is 4.50. The maximum absolute atomic E-state index is 10.2. The highest BCUT2D eigenvalue weighted by atomic mass is 16.5. The van der Waals surface area contributed by atoms with Crippen LogP contribution in [0.4, 0.5) is 0 Å². The molecule has 2 rings (SSSR count). The predicted molar refractivity (Wildman–Crippen MR) is 88.6 cm³/mol. The van der Waals surface area contributed by atoms with Crippen LogP contribution in [0.3, 0.4) is 0 Å². The van der Waals surface area contributed by atoms with Crippen LogP contribution in [0.2, 0.25) is 6.82 Å². The molecule has 1 aliphatic rings. The van der Waals surface area contributed by atoms with Crippen LogP contribution in [0.1, 0.15) is 38.7 Å². The van der Waals surface area contributed by atoms with Gasteiger partial charge in [-0.15, -0.1) is 0 Å². The Kier molecular flexibility index (Phi) is 5.71. The zero-order valence-corrected chi connectivity index (χ0v) is 13.7. The minimum atomic E-state index is -0.373. The first-order chi connectivity index (χ1) is 10.1. The van der Waals surface area contributed by atoms with Gasteiger partial charge in [-0.3, -0.25) is 0 Å². The first-order valence-electron chi connectivity index (χ1n) is 8.15. The molecule has 116 valence electrons. The summed E-state index contributed by atoms with van der Waals surface area (Å²) in [5.74, 6) is 1.54. The summed E-state index contributed by atoms with van der Waals surface area (Å²) < 4.78 is 5.31. The summed E-state index contributed by atoms with van der Waals surface area (Å²) in [5.41, 5.74) is 1.29. The number of ether oxygens (including phenoxy) is 1. The molecule has 1 aromatic carbocycles. The molecule has 0 spiro atoms. The second kappa shape index (κ2) is 7.32. The van der Waals surface area contributed by atoms with Crippen molar-refractivity contribution in [2.75, 3.05) is 7.11 Å². The number of hydrogen-bond donors (Lipinski definition) is 1. The molecular formula is C17H28BNO2. The molecule has 3 atom stereocenters. The van der Waals surface area contributed by atoms with E-state index >= 15 is 0 Å². The maximum Gasteiger partial charge on any atom is 0.376 e. The zero-order chi connectivity index (χ0) is 15.4. The molecule has 1 N–H and O–H groups in total. The SMILES string of the molecule is CC[C@H](C)[C@H]1CC[C@@H](Cc2cccc(OC)c2)N1B(C)O. The number of methoxy groups -OCH3 is 1. The van der Waals surface area contributed by atoms with Gasteiger partial charge in [0.1, 0.15) is 5.75 Å². The van der Waals surface area contributed by atoms with Crippen molar-refractivity contribution in [1.29, 1.82) is 0 Å². The Balaban J connectivity index is 2.11. The summed E-state index contributed by atoms with van der Waals surface area (Å²) in [6.45, 7) is 6.44. The Morgan fingerprint density at radius 1 is 1.43 bits per heavy atom. The Bertz CT molecular complexity index is 452. The van der Waals surface area contributed by atoms with Gasteiger partial charge in [0.25, 0.3) is 0 Å². The van der Waals surface area contributed by atoms with Crippen molar-refractivity contribution in [2.24, 2.45) is 5.92 Å². The molecule has 0 bridgehead atoms. The van der Waals surface area contributed by atoms with Crippen LogP contribution >= 0.6 is 0 Å². The third-order valence-electron chi connectivity index (χ3n) is 4.94. The Morgan fingerprint density at radius 2 is 2.19 bits per heavy atom. The standard InChI is InChI=1S/C17H28BNO2/c1-5-13(2)17-10-9-15(19(17)18(3)20)11-14-7-6-8-16(12-14)21-4/h6-8,12-13,15,17,20H,5,9-11H2,1-4H3/t13-,15-,17+/m0/s1. The molecule has 0 aliphatic carbocycles. The highest BCUT2D eigenvalue weighted by Gasteiger charge is 2.39. The van der Waals surface area contributed by atoms with E-state index < -0.39 is 0 Å². The topological polar surface area (TPSA) is 32.7 Å². The van der Waals surface area contributed by atoms with Crippen molar-refractivity contribution in [3.63, 3.8) is 0 Å². The van der Waals surface area contributed by atoms with Gasteiger partial charge in [0.05, 0.1) is 7.11 Å². The molecule has 21 heavy (non-hydrogen) atoms. The van der Waals surface area contributed by atoms with Crippen LogP contribution in [0, 0.1) is 5.92 Å². The molecular weight excluding hydrogens is 261 g/mol. The summed E-state index contributed by atoms with van der Waals surface area (Å²) in [5, 5.41) is 10.2. The molecule has 1 saturated heterocycles. The second-order valence-corrected chi connectivity index (χ2v) is 6.32. The van der Waals surface area contributed by atoms with E-state index in [0.29, 0.717) is 18.0 Å². The third-order valence-corrected chi connectivity index (χ3v) is 4.94. The van der Waals surface area contributed by atoms with Crippen LogP contribution in [-0.2, 0) is 6.42 Å². The summed E-state index contributed by atoms with van der Waals surface area (Å²) in [6, 6.07) is 9.21. The molecule has 0 aromatic heterocycles. The van der Waals surface area contributed by atoms with E-state index in [4.69, 9.17) is 4.74 Å². The van der Waals surface area contributed by atoms with Crippen molar-refractivity contribution in [1.82, 2.24) is 4.81 Å². The monoisotopic (exact) mass is 289 g/mol. The van der Waals surface area contributed by atoms with Gasteiger partial charge in [-0.05, 0) is 49.7 Å². The van der Waals surface area contributed by atoms with Crippen LogP contribution in [0.15, 0.2) is 24.3 Å². The lowest BCUT2D eigenvalue weighted by molar-refractivity contribution is 0.226. The molecule has 0 saturated carbocycles. The van der Waals surface area contributed by atoms with E-state index in [2.05, 4.69) is 30.8 Å². The van der Waals surface area contributed by atoms with Gasteiger partial charge in [0.2, 0.25) is 0 Å². The molecule has 1 aliphatic heterocycles. The summed E-state index contributed by atoms with van der Waals surface area (Å²) in [4.78, 5) is 2.33. The molecule has 3 nitrogen and oxygen atoms in total. The fraction of sp³-hybridized carbons (Fsp3) is 0.647. The maximum atomic E-state index is 10.2. The number of nitrogens with zero attached hydrogens (tertiary/aromatic N) is 1. The van der Waals surface area contributed by atoms with Gasteiger partial charge in [-0.2, -0.15) is 0 Å². The Morgan fingerprint density at radius 3 is 2.81 bits per heavy atom. The second-order valence-electron chi connectivity index (χ2n) is 6.32.